The van der Waals surface area contributed by atoms with E-state index in [1.165, 1.54) is 23.2 Å². The molecule has 1 aliphatic heterocycles. The second-order valence-corrected chi connectivity index (χ2v) is 8.90. The largest absolute Gasteiger partial charge is 0.497 e. The Morgan fingerprint density at radius 1 is 0.909 bits per heavy atom. The molecule has 0 unspecified atom stereocenters. The third kappa shape index (κ3) is 4.63. The van der Waals surface area contributed by atoms with Gasteiger partial charge in [0.25, 0.3) is 0 Å². The van der Waals surface area contributed by atoms with Crippen molar-refractivity contribution in [1.82, 2.24) is 24.2 Å². The monoisotopic (exact) mass is 441 g/mol. The number of likely N-dealkylation sites (N-methyl/N-ethyl adjacent to an activating group) is 1. The molecule has 0 bridgehead atoms. The molecule has 1 saturated heterocycles. The first-order valence-corrected chi connectivity index (χ1v) is 11.6. The van der Waals surface area contributed by atoms with E-state index in [4.69, 9.17) is 9.72 Å². The van der Waals surface area contributed by atoms with Crippen molar-refractivity contribution in [3.8, 4) is 28.1 Å². The van der Waals surface area contributed by atoms with Crippen LogP contribution in [0.2, 0.25) is 0 Å². The van der Waals surface area contributed by atoms with Gasteiger partial charge in [0, 0.05) is 43.3 Å². The van der Waals surface area contributed by atoms with Crippen molar-refractivity contribution in [3.05, 3.63) is 72.3 Å². The number of methoxy groups -OCH3 is 1. The van der Waals surface area contributed by atoms with Crippen LogP contribution in [0.3, 0.4) is 0 Å². The molecule has 0 aliphatic carbocycles. The number of rotatable bonds is 5. The minimum atomic E-state index is 0.856. The maximum absolute atomic E-state index is 5.37. The molecule has 0 saturated carbocycles. The zero-order valence-corrected chi connectivity index (χ0v) is 19.7. The smallest absolute Gasteiger partial charge is 0.137 e. The van der Waals surface area contributed by atoms with Crippen LogP contribution in [-0.2, 0) is 6.54 Å². The van der Waals surface area contributed by atoms with Crippen molar-refractivity contribution >= 4 is 5.65 Å². The standard InChI is InChI=1S/C27H31N5O/c1-20-17-22(11-12-28-20)23-7-10-26-29-27(21-5-8-24(33-3)9-6-21)25(32(26)18-23)19-31-14-4-13-30(2)15-16-31/h5-12,17-18H,4,13-16,19H2,1-3H3. The Hall–Kier alpha value is -3.22. The summed E-state index contributed by atoms with van der Waals surface area (Å²) in [4.78, 5) is 14.4. The lowest BCUT2D eigenvalue weighted by Crippen LogP contribution is -2.29. The summed E-state index contributed by atoms with van der Waals surface area (Å²) >= 11 is 0. The van der Waals surface area contributed by atoms with Gasteiger partial charge in [0.05, 0.1) is 18.5 Å². The number of hydrogen-bond donors (Lipinski definition) is 0. The van der Waals surface area contributed by atoms with Gasteiger partial charge >= 0.3 is 0 Å². The first-order valence-electron chi connectivity index (χ1n) is 11.6. The van der Waals surface area contributed by atoms with Gasteiger partial charge in [0.2, 0.25) is 0 Å². The third-order valence-corrected chi connectivity index (χ3v) is 6.50. The van der Waals surface area contributed by atoms with Crippen molar-refractivity contribution in [1.29, 1.82) is 0 Å². The van der Waals surface area contributed by atoms with Gasteiger partial charge in [0.15, 0.2) is 0 Å². The van der Waals surface area contributed by atoms with Crippen LogP contribution in [0, 0.1) is 6.92 Å². The van der Waals surface area contributed by atoms with Gasteiger partial charge < -0.3 is 14.0 Å². The molecule has 0 amide bonds. The van der Waals surface area contributed by atoms with E-state index >= 15 is 0 Å². The quantitative estimate of drug-likeness (QED) is 0.456. The van der Waals surface area contributed by atoms with Crippen LogP contribution in [0.4, 0.5) is 0 Å². The van der Waals surface area contributed by atoms with Crippen LogP contribution < -0.4 is 4.74 Å². The molecule has 3 aromatic heterocycles. The molecular formula is C27H31N5O. The van der Waals surface area contributed by atoms with E-state index in [1.54, 1.807) is 7.11 Å². The predicted octanol–water partition coefficient (Wildman–Crippen LogP) is 4.52. The number of aryl methyl sites for hydroxylation is 1. The fourth-order valence-electron chi connectivity index (χ4n) is 4.59. The minimum absolute atomic E-state index is 0.856. The van der Waals surface area contributed by atoms with Crippen molar-refractivity contribution in [3.63, 3.8) is 0 Å². The molecule has 4 heterocycles. The van der Waals surface area contributed by atoms with Crippen molar-refractivity contribution in [2.75, 3.05) is 40.3 Å². The minimum Gasteiger partial charge on any atom is -0.497 e. The number of nitrogens with zero attached hydrogens (tertiary/aromatic N) is 5. The van der Waals surface area contributed by atoms with E-state index in [1.807, 2.05) is 25.3 Å². The van der Waals surface area contributed by atoms with E-state index in [0.29, 0.717) is 0 Å². The highest BCUT2D eigenvalue weighted by Gasteiger charge is 2.20. The van der Waals surface area contributed by atoms with Crippen LogP contribution in [0.1, 0.15) is 17.8 Å². The van der Waals surface area contributed by atoms with Crippen LogP contribution in [0.5, 0.6) is 5.75 Å². The number of aromatic nitrogens is 3. The summed E-state index contributed by atoms with van der Waals surface area (Å²) in [6, 6.07) is 16.7. The number of imidazole rings is 1. The summed E-state index contributed by atoms with van der Waals surface area (Å²) in [5.74, 6) is 0.856. The van der Waals surface area contributed by atoms with Crippen molar-refractivity contribution in [2.45, 2.75) is 19.9 Å². The molecule has 1 fully saturated rings. The van der Waals surface area contributed by atoms with E-state index in [-0.39, 0.29) is 0 Å². The zero-order chi connectivity index (χ0) is 22.8. The van der Waals surface area contributed by atoms with Crippen molar-refractivity contribution in [2.24, 2.45) is 0 Å². The van der Waals surface area contributed by atoms with Crippen LogP contribution >= 0.6 is 0 Å². The van der Waals surface area contributed by atoms with Crippen LogP contribution in [0.15, 0.2) is 60.9 Å². The Morgan fingerprint density at radius 3 is 2.52 bits per heavy atom. The van der Waals surface area contributed by atoms with E-state index < -0.39 is 0 Å². The van der Waals surface area contributed by atoms with Crippen molar-refractivity contribution < 1.29 is 4.74 Å². The lowest BCUT2D eigenvalue weighted by Gasteiger charge is -2.21. The molecule has 6 nitrogen and oxygen atoms in total. The molecule has 0 spiro atoms. The van der Waals surface area contributed by atoms with E-state index in [9.17, 15) is 0 Å². The van der Waals surface area contributed by atoms with Gasteiger partial charge in [-0.05, 0) is 93.1 Å². The maximum Gasteiger partial charge on any atom is 0.137 e. The molecule has 4 aromatic rings. The first-order chi connectivity index (χ1) is 16.1. The van der Waals surface area contributed by atoms with Crippen LogP contribution in [0.25, 0.3) is 28.0 Å². The number of pyridine rings is 2. The molecule has 6 heteroatoms. The van der Waals surface area contributed by atoms with Gasteiger partial charge in [-0.2, -0.15) is 0 Å². The number of ether oxygens (including phenoxy) is 1. The second-order valence-electron chi connectivity index (χ2n) is 8.90. The SMILES string of the molecule is COc1ccc(-c2nc3ccc(-c4ccnc(C)c4)cn3c2CN2CCCN(C)CC2)cc1. The molecule has 0 radical (unpaired) electrons. The predicted molar refractivity (Wildman–Crippen MR) is 133 cm³/mol. The highest BCUT2D eigenvalue weighted by molar-refractivity contribution is 5.70. The molecule has 5 rings (SSSR count). The van der Waals surface area contributed by atoms with E-state index in [0.717, 1.165) is 61.1 Å². The summed E-state index contributed by atoms with van der Waals surface area (Å²) < 4.78 is 7.65. The van der Waals surface area contributed by atoms with Gasteiger partial charge in [-0.1, -0.05) is 0 Å². The Morgan fingerprint density at radius 2 is 1.73 bits per heavy atom. The Bertz CT molecular complexity index is 1250. The highest BCUT2D eigenvalue weighted by Crippen LogP contribution is 2.30. The number of fused-ring (bicyclic) bond motifs is 1. The maximum atomic E-state index is 5.37. The fraction of sp³-hybridized carbons (Fsp3) is 0.333. The summed E-state index contributed by atoms with van der Waals surface area (Å²) in [5, 5.41) is 0. The second kappa shape index (κ2) is 9.33. The zero-order valence-electron chi connectivity index (χ0n) is 19.7. The Labute approximate surface area is 195 Å². The number of benzene rings is 1. The summed E-state index contributed by atoms with van der Waals surface area (Å²) in [6.45, 7) is 7.31. The normalized spacial score (nSPS) is 15.6. The summed E-state index contributed by atoms with van der Waals surface area (Å²) in [5.41, 5.74) is 7.71. The molecule has 1 aromatic carbocycles. The third-order valence-electron chi connectivity index (χ3n) is 6.50. The highest BCUT2D eigenvalue weighted by atomic mass is 16.5. The Kier molecular flexibility index (Phi) is 6.11. The lowest BCUT2D eigenvalue weighted by molar-refractivity contribution is 0.266. The fourth-order valence-corrected chi connectivity index (χ4v) is 4.59. The first kappa shape index (κ1) is 21.6. The van der Waals surface area contributed by atoms with Gasteiger partial charge in [-0.15, -0.1) is 0 Å². The summed E-state index contributed by atoms with van der Waals surface area (Å²) in [6.07, 6.45) is 5.29. The number of hydrogen-bond acceptors (Lipinski definition) is 5. The van der Waals surface area contributed by atoms with Gasteiger partial charge in [-0.3, -0.25) is 9.88 Å². The average Bonchev–Trinajstić information content (AvgIpc) is 3.06. The molecule has 0 N–H and O–H groups in total. The van der Waals surface area contributed by atoms with Gasteiger partial charge in [-0.25, -0.2) is 4.98 Å². The molecule has 1 aliphatic rings. The lowest BCUT2D eigenvalue weighted by atomic mass is 10.1. The average molecular weight is 442 g/mol. The molecule has 33 heavy (non-hydrogen) atoms. The molecular weight excluding hydrogens is 410 g/mol. The van der Waals surface area contributed by atoms with E-state index in [2.05, 4.69) is 68.8 Å². The van der Waals surface area contributed by atoms with Crippen LogP contribution in [-0.4, -0.2) is 64.5 Å². The topological polar surface area (TPSA) is 45.9 Å². The molecule has 170 valence electrons. The van der Waals surface area contributed by atoms with Gasteiger partial charge in [0.1, 0.15) is 11.4 Å². The summed E-state index contributed by atoms with van der Waals surface area (Å²) in [7, 11) is 3.91. The molecule has 0 atom stereocenters. The Balaban J connectivity index is 1.60.